The zero-order chi connectivity index (χ0) is 15.8. The van der Waals surface area contributed by atoms with Crippen LogP contribution in [0.4, 0.5) is 0 Å². The van der Waals surface area contributed by atoms with Crippen LogP contribution in [-0.4, -0.2) is 24.7 Å². The van der Waals surface area contributed by atoms with Crippen molar-refractivity contribution in [3.05, 3.63) is 27.7 Å². The zero-order valence-electron chi connectivity index (χ0n) is 12.9. The minimum absolute atomic E-state index is 0.0136. The number of nitrogens with one attached hydrogen (secondary N) is 1. The lowest BCUT2D eigenvalue weighted by molar-refractivity contribution is -0.141. The standard InChI is InChI=1S/C16H22BrNO3/c1-16(2,3)10-6-11(14(21-4)12(17)7-10)13-5-9(8-18-13)15(19)20/h6-7,9,13,18H,5,8H2,1-4H3,(H,19,20). The molecule has 0 bridgehead atoms. The number of carboxylic acids is 1. The van der Waals surface area contributed by atoms with E-state index in [1.54, 1.807) is 7.11 Å². The van der Waals surface area contributed by atoms with E-state index in [1.807, 2.05) is 0 Å². The second kappa shape index (κ2) is 5.97. The summed E-state index contributed by atoms with van der Waals surface area (Å²) in [4.78, 5) is 11.1. The monoisotopic (exact) mass is 355 g/mol. The Bertz CT molecular complexity index is 551. The molecule has 0 spiro atoms. The second-order valence-corrected chi connectivity index (χ2v) is 7.42. The molecule has 0 amide bonds. The van der Waals surface area contributed by atoms with Crippen molar-refractivity contribution < 1.29 is 14.6 Å². The van der Waals surface area contributed by atoms with E-state index in [2.05, 4.69) is 54.2 Å². The highest BCUT2D eigenvalue weighted by Gasteiger charge is 2.33. The molecule has 2 unspecified atom stereocenters. The molecule has 1 aromatic rings. The van der Waals surface area contributed by atoms with E-state index in [0.717, 1.165) is 15.8 Å². The van der Waals surface area contributed by atoms with Gasteiger partial charge < -0.3 is 15.2 Å². The summed E-state index contributed by atoms with van der Waals surface area (Å²) in [5, 5.41) is 12.5. The average molecular weight is 356 g/mol. The first kappa shape index (κ1) is 16.3. The van der Waals surface area contributed by atoms with Crippen molar-refractivity contribution >= 4 is 21.9 Å². The fourth-order valence-electron chi connectivity index (χ4n) is 2.68. The molecule has 2 rings (SSSR count). The number of carbonyl (C=O) groups is 1. The maximum absolute atomic E-state index is 11.1. The van der Waals surface area contributed by atoms with E-state index < -0.39 is 5.97 Å². The number of aliphatic carboxylic acids is 1. The predicted molar refractivity (Wildman–Crippen MR) is 85.9 cm³/mol. The first-order valence-electron chi connectivity index (χ1n) is 7.08. The van der Waals surface area contributed by atoms with Gasteiger partial charge in [-0.05, 0) is 45.5 Å². The molecule has 0 radical (unpaired) electrons. The molecular formula is C16H22BrNO3. The Morgan fingerprint density at radius 3 is 2.57 bits per heavy atom. The topological polar surface area (TPSA) is 58.6 Å². The van der Waals surface area contributed by atoms with Gasteiger partial charge in [0, 0.05) is 18.2 Å². The fraction of sp³-hybridized carbons (Fsp3) is 0.562. The third-order valence-corrected chi connectivity index (χ3v) is 4.59. The number of ether oxygens (including phenoxy) is 1. The number of carboxylic acid groups (broad SMARTS) is 1. The molecular weight excluding hydrogens is 334 g/mol. The van der Waals surface area contributed by atoms with Crippen molar-refractivity contribution in [2.75, 3.05) is 13.7 Å². The average Bonchev–Trinajstić information content (AvgIpc) is 2.86. The molecule has 0 aliphatic carbocycles. The van der Waals surface area contributed by atoms with E-state index in [4.69, 9.17) is 9.84 Å². The number of halogens is 1. The third kappa shape index (κ3) is 3.40. The Morgan fingerprint density at radius 1 is 1.43 bits per heavy atom. The summed E-state index contributed by atoms with van der Waals surface area (Å²) in [5.41, 5.74) is 2.25. The summed E-state index contributed by atoms with van der Waals surface area (Å²) in [6, 6.07) is 4.22. The molecule has 21 heavy (non-hydrogen) atoms. The lowest BCUT2D eigenvalue weighted by Gasteiger charge is -2.24. The molecule has 2 N–H and O–H groups in total. The highest BCUT2D eigenvalue weighted by atomic mass is 79.9. The molecule has 1 aliphatic heterocycles. The summed E-state index contributed by atoms with van der Waals surface area (Å²) < 4.78 is 6.43. The lowest BCUT2D eigenvalue weighted by Crippen LogP contribution is -2.18. The first-order chi connectivity index (χ1) is 9.74. The van der Waals surface area contributed by atoms with E-state index in [9.17, 15) is 4.79 Å². The lowest BCUT2D eigenvalue weighted by atomic mass is 9.84. The summed E-state index contributed by atoms with van der Waals surface area (Å²) in [6.45, 7) is 6.98. The smallest absolute Gasteiger partial charge is 0.307 e. The van der Waals surface area contributed by atoms with Gasteiger partial charge in [-0.1, -0.05) is 20.8 Å². The van der Waals surface area contributed by atoms with Gasteiger partial charge in [0.15, 0.2) is 0 Å². The van der Waals surface area contributed by atoms with Crippen LogP contribution in [-0.2, 0) is 10.2 Å². The SMILES string of the molecule is COc1c(Br)cc(C(C)(C)C)cc1C1CC(C(=O)O)CN1. The summed E-state index contributed by atoms with van der Waals surface area (Å²) in [7, 11) is 1.64. The third-order valence-electron chi connectivity index (χ3n) is 4.00. The van der Waals surface area contributed by atoms with Crippen LogP contribution in [0.2, 0.25) is 0 Å². The summed E-state index contributed by atoms with van der Waals surface area (Å²) in [6.07, 6.45) is 0.589. The van der Waals surface area contributed by atoms with E-state index in [-0.39, 0.29) is 17.4 Å². The Labute approximate surface area is 134 Å². The Balaban J connectivity index is 2.42. The molecule has 1 heterocycles. The minimum Gasteiger partial charge on any atom is -0.495 e. The van der Waals surface area contributed by atoms with Gasteiger partial charge >= 0.3 is 5.97 Å². The molecule has 0 aromatic heterocycles. The van der Waals surface area contributed by atoms with Crippen LogP contribution in [0.25, 0.3) is 0 Å². The van der Waals surface area contributed by atoms with Gasteiger partial charge in [-0.15, -0.1) is 0 Å². The maximum atomic E-state index is 11.1. The zero-order valence-corrected chi connectivity index (χ0v) is 14.5. The van der Waals surface area contributed by atoms with Gasteiger partial charge in [-0.2, -0.15) is 0 Å². The fourth-order valence-corrected chi connectivity index (χ4v) is 3.32. The largest absolute Gasteiger partial charge is 0.495 e. The van der Waals surface area contributed by atoms with Gasteiger partial charge in [0.2, 0.25) is 0 Å². The van der Waals surface area contributed by atoms with Crippen molar-refractivity contribution in [3.8, 4) is 5.75 Å². The molecule has 1 aromatic carbocycles. The van der Waals surface area contributed by atoms with Crippen molar-refractivity contribution in [1.29, 1.82) is 0 Å². The second-order valence-electron chi connectivity index (χ2n) is 6.56. The first-order valence-corrected chi connectivity index (χ1v) is 7.87. The Hall–Kier alpha value is -1.07. The van der Waals surface area contributed by atoms with Crippen molar-refractivity contribution in [3.63, 3.8) is 0 Å². The van der Waals surface area contributed by atoms with Crippen LogP contribution < -0.4 is 10.1 Å². The highest BCUT2D eigenvalue weighted by molar-refractivity contribution is 9.10. The quantitative estimate of drug-likeness (QED) is 0.871. The normalized spacial score (nSPS) is 22.3. The summed E-state index contributed by atoms with van der Waals surface area (Å²) >= 11 is 3.57. The van der Waals surface area contributed by atoms with E-state index in [1.165, 1.54) is 5.56 Å². The minimum atomic E-state index is -0.741. The number of hydrogen-bond acceptors (Lipinski definition) is 3. The van der Waals surface area contributed by atoms with E-state index >= 15 is 0 Å². The molecule has 1 fully saturated rings. The Morgan fingerprint density at radius 2 is 2.10 bits per heavy atom. The van der Waals surface area contributed by atoms with E-state index in [0.29, 0.717) is 13.0 Å². The molecule has 5 heteroatoms. The van der Waals surface area contributed by atoms with Crippen LogP contribution in [0, 0.1) is 5.92 Å². The highest BCUT2D eigenvalue weighted by Crippen LogP contribution is 2.40. The molecule has 0 saturated carbocycles. The van der Waals surface area contributed by atoms with Crippen molar-refractivity contribution in [2.45, 2.75) is 38.6 Å². The van der Waals surface area contributed by atoms with Gasteiger partial charge in [0.25, 0.3) is 0 Å². The van der Waals surface area contributed by atoms with Gasteiger partial charge in [-0.3, -0.25) is 4.79 Å². The number of methoxy groups -OCH3 is 1. The number of benzene rings is 1. The van der Waals surface area contributed by atoms with Crippen molar-refractivity contribution in [2.24, 2.45) is 5.92 Å². The summed E-state index contributed by atoms with van der Waals surface area (Å²) in [5.74, 6) is -0.293. The molecule has 4 nitrogen and oxygen atoms in total. The Kier molecular flexibility index (Phi) is 4.63. The number of rotatable bonds is 3. The number of hydrogen-bond donors (Lipinski definition) is 2. The molecule has 116 valence electrons. The van der Waals surface area contributed by atoms with Gasteiger partial charge in [0.05, 0.1) is 17.5 Å². The molecule has 1 saturated heterocycles. The van der Waals surface area contributed by atoms with Crippen LogP contribution >= 0.6 is 15.9 Å². The molecule has 2 atom stereocenters. The van der Waals surface area contributed by atoms with Gasteiger partial charge in [-0.25, -0.2) is 0 Å². The van der Waals surface area contributed by atoms with Crippen LogP contribution in [0.3, 0.4) is 0 Å². The predicted octanol–water partition coefficient (Wildman–Crippen LogP) is 3.49. The maximum Gasteiger partial charge on any atom is 0.307 e. The van der Waals surface area contributed by atoms with Gasteiger partial charge in [0.1, 0.15) is 5.75 Å². The van der Waals surface area contributed by atoms with Crippen LogP contribution in [0.5, 0.6) is 5.75 Å². The van der Waals surface area contributed by atoms with Crippen LogP contribution in [0.15, 0.2) is 16.6 Å². The molecule has 1 aliphatic rings. The van der Waals surface area contributed by atoms with Crippen LogP contribution in [0.1, 0.15) is 44.4 Å². The van der Waals surface area contributed by atoms with Crippen molar-refractivity contribution in [1.82, 2.24) is 5.32 Å².